The normalized spacial score (nSPS) is 12.8. The number of nitrogens with zero attached hydrogens (tertiary/aromatic N) is 4. The van der Waals surface area contributed by atoms with Gasteiger partial charge in [0, 0.05) is 22.4 Å². The van der Waals surface area contributed by atoms with Gasteiger partial charge in [0.15, 0.2) is 0 Å². The Kier molecular flexibility index (Phi) is 7.36. The van der Waals surface area contributed by atoms with Crippen molar-refractivity contribution < 1.29 is 0 Å². The Bertz CT molecular complexity index is 3020. The van der Waals surface area contributed by atoms with Crippen molar-refractivity contribution >= 4 is 22.1 Å². The van der Waals surface area contributed by atoms with Gasteiger partial charge in [-0.05, 0) is 81.9 Å². The van der Waals surface area contributed by atoms with Gasteiger partial charge < -0.3 is 0 Å². The van der Waals surface area contributed by atoms with Crippen LogP contribution in [0.1, 0.15) is 22.3 Å². The monoisotopic (exact) mass is 714 g/mol. The molecule has 0 amide bonds. The van der Waals surface area contributed by atoms with E-state index in [-0.39, 0.29) is 0 Å². The molecule has 0 bridgehead atoms. The van der Waals surface area contributed by atoms with Gasteiger partial charge in [-0.25, -0.2) is 15.0 Å². The van der Waals surface area contributed by atoms with Crippen LogP contribution >= 0.6 is 0 Å². The second kappa shape index (κ2) is 12.9. The van der Waals surface area contributed by atoms with Crippen LogP contribution in [0.25, 0.3) is 72.8 Å². The number of rotatable bonds is 6. The zero-order chi connectivity index (χ0) is 37.1. The topological polar surface area (TPSA) is 43.6 Å². The smallest absolute Gasteiger partial charge is 0.145 e. The first-order valence-corrected chi connectivity index (χ1v) is 19.0. The maximum Gasteiger partial charge on any atom is 0.145 e. The summed E-state index contributed by atoms with van der Waals surface area (Å²) in [7, 11) is 0. The molecule has 1 aliphatic carbocycles. The molecule has 262 valence electrons. The predicted octanol–water partition coefficient (Wildman–Crippen LogP) is 12.3. The van der Waals surface area contributed by atoms with Crippen molar-refractivity contribution in [2.45, 2.75) is 5.41 Å². The average Bonchev–Trinajstić information content (AvgIpc) is 3.81. The number of imidazole rings is 1. The van der Waals surface area contributed by atoms with Crippen molar-refractivity contribution in [3.05, 3.63) is 229 Å². The first-order valence-electron chi connectivity index (χ1n) is 19.0. The molecule has 0 saturated heterocycles. The van der Waals surface area contributed by atoms with Crippen LogP contribution in [-0.4, -0.2) is 19.5 Å². The van der Waals surface area contributed by atoms with Crippen molar-refractivity contribution in [1.82, 2.24) is 19.5 Å². The van der Waals surface area contributed by atoms with Gasteiger partial charge in [0.1, 0.15) is 5.82 Å². The van der Waals surface area contributed by atoms with Gasteiger partial charge >= 0.3 is 0 Å². The van der Waals surface area contributed by atoms with Gasteiger partial charge in [-0.3, -0.25) is 4.57 Å². The van der Waals surface area contributed by atoms with Gasteiger partial charge in [0.05, 0.1) is 38.9 Å². The molecule has 0 radical (unpaired) electrons. The molecule has 10 aromatic rings. The molecule has 0 unspecified atom stereocenters. The lowest BCUT2D eigenvalue weighted by Crippen LogP contribution is -2.28. The summed E-state index contributed by atoms with van der Waals surface area (Å²) in [5, 5.41) is 0. The van der Waals surface area contributed by atoms with E-state index in [0.717, 1.165) is 61.7 Å². The molecule has 1 aliphatic rings. The Morgan fingerprint density at radius 2 is 0.821 bits per heavy atom. The molecule has 0 aliphatic heterocycles. The van der Waals surface area contributed by atoms with Crippen molar-refractivity contribution in [3.63, 3.8) is 0 Å². The number of para-hydroxylation sites is 5. The number of hydrogen-bond acceptors (Lipinski definition) is 3. The summed E-state index contributed by atoms with van der Waals surface area (Å²) in [5.74, 6) is 0.908. The highest BCUT2D eigenvalue weighted by Crippen LogP contribution is 2.57. The zero-order valence-electron chi connectivity index (χ0n) is 30.4. The van der Waals surface area contributed by atoms with E-state index < -0.39 is 5.41 Å². The molecule has 0 atom stereocenters. The van der Waals surface area contributed by atoms with Crippen LogP contribution in [0, 0.1) is 0 Å². The molecule has 0 saturated carbocycles. The van der Waals surface area contributed by atoms with Crippen LogP contribution in [0.3, 0.4) is 0 Å². The van der Waals surface area contributed by atoms with Gasteiger partial charge in [-0.15, -0.1) is 0 Å². The molecule has 0 N–H and O–H groups in total. The van der Waals surface area contributed by atoms with Crippen LogP contribution < -0.4 is 0 Å². The van der Waals surface area contributed by atoms with E-state index in [1.54, 1.807) is 0 Å². The average molecular weight is 715 g/mol. The molecule has 2 aromatic heterocycles. The highest BCUT2D eigenvalue weighted by Gasteiger charge is 2.46. The van der Waals surface area contributed by atoms with Crippen LogP contribution in [-0.2, 0) is 5.41 Å². The zero-order valence-corrected chi connectivity index (χ0v) is 30.4. The maximum absolute atomic E-state index is 5.33. The Hall–Kier alpha value is -7.43. The highest BCUT2D eigenvalue weighted by molar-refractivity contribution is 5.93. The number of fused-ring (bicyclic) bond motifs is 5. The van der Waals surface area contributed by atoms with E-state index in [1.807, 2.05) is 30.3 Å². The minimum Gasteiger partial charge on any atom is -0.292 e. The lowest BCUT2D eigenvalue weighted by Gasteiger charge is -2.34. The van der Waals surface area contributed by atoms with E-state index in [9.17, 15) is 0 Å². The molecule has 11 rings (SSSR count). The predicted molar refractivity (Wildman–Crippen MR) is 228 cm³/mol. The molecule has 56 heavy (non-hydrogen) atoms. The Balaban J connectivity index is 1.20. The van der Waals surface area contributed by atoms with Gasteiger partial charge in [0.25, 0.3) is 0 Å². The Labute approximate surface area is 325 Å². The van der Waals surface area contributed by atoms with Crippen molar-refractivity contribution in [2.75, 3.05) is 0 Å². The molecular weight excluding hydrogens is 681 g/mol. The fourth-order valence-corrected chi connectivity index (χ4v) is 8.83. The SMILES string of the molecule is c1ccc(-c2nc3ccccc3nc2-c2ccc3c(c2)C(c2ccccc2)(c2ccccc2)c2cc(-c4nc5ccccc5n4-c4ccccc4)ccc2-3)cc1. The fourth-order valence-electron chi connectivity index (χ4n) is 8.83. The first-order chi connectivity index (χ1) is 27.8. The Morgan fingerprint density at radius 3 is 1.43 bits per heavy atom. The van der Waals surface area contributed by atoms with Crippen molar-refractivity contribution in [1.29, 1.82) is 0 Å². The molecule has 4 nitrogen and oxygen atoms in total. The van der Waals surface area contributed by atoms with Crippen molar-refractivity contribution in [3.8, 4) is 50.7 Å². The van der Waals surface area contributed by atoms with E-state index >= 15 is 0 Å². The number of benzene rings is 8. The molecule has 2 heterocycles. The second-order valence-corrected chi connectivity index (χ2v) is 14.4. The van der Waals surface area contributed by atoms with Crippen molar-refractivity contribution in [2.24, 2.45) is 0 Å². The van der Waals surface area contributed by atoms with Gasteiger partial charge in [-0.2, -0.15) is 0 Å². The van der Waals surface area contributed by atoms with E-state index in [4.69, 9.17) is 15.0 Å². The van der Waals surface area contributed by atoms with Gasteiger partial charge in [0.2, 0.25) is 0 Å². The summed E-state index contributed by atoms with van der Waals surface area (Å²) in [6, 6.07) is 73.2. The molecule has 4 heteroatoms. The van der Waals surface area contributed by atoms with Crippen LogP contribution in [0.2, 0.25) is 0 Å². The Morgan fingerprint density at radius 1 is 0.357 bits per heavy atom. The second-order valence-electron chi connectivity index (χ2n) is 14.4. The summed E-state index contributed by atoms with van der Waals surface area (Å²) < 4.78 is 2.29. The molecule has 0 spiro atoms. The van der Waals surface area contributed by atoms with Crippen LogP contribution in [0.4, 0.5) is 0 Å². The van der Waals surface area contributed by atoms with E-state index in [1.165, 1.54) is 33.4 Å². The summed E-state index contributed by atoms with van der Waals surface area (Å²) in [6.45, 7) is 0. The standard InChI is InChI=1S/C52H34N4/c1-5-17-35(18-6-1)49-50(54-46-26-14-13-25-45(46)53-49)36-29-31-41-42-32-30-37(51-55-47-27-15-16-28-48(47)56(51)40-23-11-4-12-24-40)34-44(42)52(43(41)33-36,38-19-7-2-8-20-38)39-21-9-3-10-22-39/h1-34H. The van der Waals surface area contributed by atoms with Crippen LogP contribution in [0.5, 0.6) is 0 Å². The largest absolute Gasteiger partial charge is 0.292 e. The summed E-state index contributed by atoms with van der Waals surface area (Å²) in [6.07, 6.45) is 0. The molecule has 8 aromatic carbocycles. The maximum atomic E-state index is 5.33. The van der Waals surface area contributed by atoms with E-state index in [2.05, 4.69) is 180 Å². The minimum absolute atomic E-state index is 0.639. The fraction of sp³-hybridized carbons (Fsp3) is 0.0192. The number of hydrogen-bond donors (Lipinski definition) is 0. The number of aromatic nitrogens is 4. The lowest BCUT2D eigenvalue weighted by molar-refractivity contribution is 0.768. The third-order valence-corrected chi connectivity index (χ3v) is 11.3. The molecule has 0 fully saturated rings. The van der Waals surface area contributed by atoms with E-state index in [0.29, 0.717) is 0 Å². The summed E-state index contributed by atoms with van der Waals surface area (Å²) in [5.41, 5.74) is 16.3. The third-order valence-electron chi connectivity index (χ3n) is 11.3. The lowest BCUT2D eigenvalue weighted by atomic mass is 9.67. The van der Waals surface area contributed by atoms with Gasteiger partial charge in [-0.1, -0.05) is 158 Å². The quantitative estimate of drug-likeness (QED) is 0.172. The van der Waals surface area contributed by atoms with Crippen LogP contribution in [0.15, 0.2) is 206 Å². The molecular formula is C52H34N4. The summed E-state index contributed by atoms with van der Waals surface area (Å²) >= 11 is 0. The minimum atomic E-state index is -0.639. The first kappa shape index (κ1) is 32.0. The third kappa shape index (κ3) is 4.89. The summed E-state index contributed by atoms with van der Waals surface area (Å²) in [4.78, 5) is 15.9. The highest BCUT2D eigenvalue weighted by atomic mass is 15.1.